The number of benzene rings is 2. The maximum absolute atomic E-state index is 14.2. The maximum atomic E-state index is 14.2. The molecule has 2 unspecified atom stereocenters. The second-order valence-electron chi connectivity index (χ2n) is 5.72. The fraction of sp³-hybridized carbons (Fsp3) is 0.263. The Morgan fingerprint density at radius 1 is 1.12 bits per heavy atom. The number of carbonyl (C=O) groups excluding carboxylic acids is 2. The van der Waals surface area contributed by atoms with Crippen LogP contribution in [0.15, 0.2) is 48.5 Å². The molecule has 0 saturated carbocycles. The van der Waals surface area contributed by atoms with E-state index in [1.165, 1.54) is 25.1 Å². The van der Waals surface area contributed by atoms with Gasteiger partial charge in [-0.05, 0) is 18.6 Å². The van der Waals surface area contributed by atoms with Crippen LogP contribution in [0.25, 0.3) is 0 Å². The molecule has 3 N–H and O–H groups in total. The lowest BCUT2D eigenvalue weighted by molar-refractivity contribution is 0.0163. The van der Waals surface area contributed by atoms with E-state index in [4.69, 9.17) is 4.74 Å². The number of hydrogen-bond donors (Lipinski definition) is 3. The van der Waals surface area contributed by atoms with Gasteiger partial charge >= 0.3 is 6.09 Å². The number of halogens is 1. The van der Waals surface area contributed by atoms with Crippen LogP contribution >= 0.6 is 0 Å². The summed E-state index contributed by atoms with van der Waals surface area (Å²) < 4.78 is 19.2. The Kier molecular flexibility index (Phi) is 6.82. The maximum Gasteiger partial charge on any atom is 0.407 e. The predicted molar refractivity (Wildman–Crippen MR) is 92.0 cm³/mol. The van der Waals surface area contributed by atoms with Crippen molar-refractivity contribution in [3.8, 4) is 0 Å². The molecule has 7 heteroatoms. The molecule has 0 fully saturated rings. The number of aliphatic hydroxyl groups is 2. The third kappa shape index (κ3) is 5.11. The number of Topliss-reactive ketones (excluding diaryl/α,β-unsaturated/α-hetero) is 1. The number of aliphatic hydroxyl groups excluding tert-OH is 2. The van der Waals surface area contributed by atoms with Crippen LogP contribution in [-0.4, -0.2) is 34.7 Å². The molecule has 138 valence electrons. The molecule has 1 amide bonds. The number of carbonyl (C=O) groups is 2. The van der Waals surface area contributed by atoms with Crippen LogP contribution in [0.5, 0.6) is 0 Å². The van der Waals surface area contributed by atoms with Crippen LogP contribution in [0.2, 0.25) is 0 Å². The third-order valence-electron chi connectivity index (χ3n) is 3.76. The molecule has 0 aliphatic carbocycles. The summed E-state index contributed by atoms with van der Waals surface area (Å²) in [4.78, 5) is 23.0. The first-order valence-electron chi connectivity index (χ1n) is 8.00. The van der Waals surface area contributed by atoms with Crippen molar-refractivity contribution < 1.29 is 28.9 Å². The standard InChI is InChI=1S/C19H20FNO5/c1-12(22)14-8-5-9-15(17(14)20)18(24)16(23)10-21-19(25)26-11-13-6-3-2-4-7-13/h2-9,16,18,23-24H,10-11H2,1H3,(H,21,25). The highest BCUT2D eigenvalue weighted by molar-refractivity contribution is 5.94. The van der Waals surface area contributed by atoms with Crippen LogP contribution in [0.4, 0.5) is 9.18 Å². The number of amides is 1. The molecule has 0 aliphatic heterocycles. The van der Waals surface area contributed by atoms with Gasteiger partial charge in [0.25, 0.3) is 0 Å². The van der Waals surface area contributed by atoms with Crippen molar-refractivity contribution >= 4 is 11.9 Å². The highest BCUT2D eigenvalue weighted by Gasteiger charge is 2.24. The summed E-state index contributed by atoms with van der Waals surface area (Å²) in [7, 11) is 0. The fourth-order valence-electron chi connectivity index (χ4n) is 2.33. The molecule has 26 heavy (non-hydrogen) atoms. The van der Waals surface area contributed by atoms with E-state index in [1.54, 1.807) is 24.3 Å². The van der Waals surface area contributed by atoms with Gasteiger partial charge in [0.1, 0.15) is 24.6 Å². The van der Waals surface area contributed by atoms with Crippen LogP contribution in [0.3, 0.4) is 0 Å². The van der Waals surface area contributed by atoms with Gasteiger partial charge in [0, 0.05) is 12.1 Å². The molecule has 0 saturated heterocycles. The molecule has 0 spiro atoms. The molecule has 6 nitrogen and oxygen atoms in total. The largest absolute Gasteiger partial charge is 0.445 e. The van der Waals surface area contributed by atoms with E-state index in [0.29, 0.717) is 0 Å². The lowest BCUT2D eigenvalue weighted by atomic mass is 9.99. The minimum absolute atomic E-state index is 0.0562. The van der Waals surface area contributed by atoms with Gasteiger partial charge in [0.15, 0.2) is 5.78 Å². The van der Waals surface area contributed by atoms with Crippen molar-refractivity contribution in [3.63, 3.8) is 0 Å². The average Bonchev–Trinajstić information content (AvgIpc) is 2.64. The lowest BCUT2D eigenvalue weighted by Crippen LogP contribution is -2.36. The van der Waals surface area contributed by atoms with E-state index in [9.17, 15) is 24.2 Å². The molecule has 0 heterocycles. The Balaban J connectivity index is 1.89. The minimum atomic E-state index is -1.61. The molecular formula is C19H20FNO5. The first-order valence-corrected chi connectivity index (χ1v) is 8.00. The Hall–Kier alpha value is -2.77. The summed E-state index contributed by atoms with van der Waals surface area (Å²) in [6.45, 7) is 0.911. The van der Waals surface area contributed by atoms with E-state index in [0.717, 1.165) is 5.56 Å². The number of nitrogens with one attached hydrogen (secondary N) is 1. The molecule has 0 bridgehead atoms. The number of alkyl carbamates (subject to hydrolysis) is 1. The van der Waals surface area contributed by atoms with Gasteiger partial charge in [-0.2, -0.15) is 0 Å². The fourth-order valence-corrected chi connectivity index (χ4v) is 2.33. The number of ether oxygens (including phenoxy) is 1. The Morgan fingerprint density at radius 3 is 2.46 bits per heavy atom. The first-order chi connectivity index (χ1) is 12.4. The smallest absolute Gasteiger partial charge is 0.407 e. The summed E-state index contributed by atoms with van der Waals surface area (Å²) in [5, 5.41) is 22.4. The van der Waals surface area contributed by atoms with Crippen molar-refractivity contribution in [2.24, 2.45) is 0 Å². The zero-order valence-corrected chi connectivity index (χ0v) is 14.2. The highest BCUT2D eigenvalue weighted by Crippen LogP contribution is 2.23. The summed E-state index contributed by atoms with van der Waals surface area (Å²) >= 11 is 0. The van der Waals surface area contributed by atoms with Gasteiger partial charge < -0.3 is 20.3 Å². The molecular weight excluding hydrogens is 341 g/mol. The Labute approximate surface area is 150 Å². The zero-order valence-electron chi connectivity index (χ0n) is 14.2. The second kappa shape index (κ2) is 9.07. The van der Waals surface area contributed by atoms with Gasteiger partial charge in [-0.1, -0.05) is 42.5 Å². The van der Waals surface area contributed by atoms with Gasteiger partial charge in [-0.15, -0.1) is 0 Å². The average molecular weight is 361 g/mol. The number of rotatable bonds is 7. The van der Waals surface area contributed by atoms with E-state index in [1.807, 2.05) is 6.07 Å². The molecule has 0 aromatic heterocycles. The van der Waals surface area contributed by atoms with E-state index in [2.05, 4.69) is 5.32 Å². The quantitative estimate of drug-likeness (QED) is 0.658. The van der Waals surface area contributed by atoms with Crippen LogP contribution in [0, 0.1) is 5.82 Å². The number of ketones is 1. The number of hydrogen-bond acceptors (Lipinski definition) is 5. The molecule has 0 radical (unpaired) electrons. The minimum Gasteiger partial charge on any atom is -0.445 e. The lowest BCUT2D eigenvalue weighted by Gasteiger charge is -2.19. The Bertz CT molecular complexity index is 766. The van der Waals surface area contributed by atoms with E-state index < -0.39 is 29.9 Å². The molecule has 2 atom stereocenters. The van der Waals surface area contributed by atoms with E-state index >= 15 is 0 Å². The topological polar surface area (TPSA) is 95.9 Å². The third-order valence-corrected chi connectivity index (χ3v) is 3.76. The second-order valence-corrected chi connectivity index (χ2v) is 5.72. The monoisotopic (exact) mass is 361 g/mol. The predicted octanol–water partition coefficient (Wildman–Crippen LogP) is 2.35. The van der Waals surface area contributed by atoms with Crippen LogP contribution in [-0.2, 0) is 11.3 Å². The van der Waals surface area contributed by atoms with Crippen molar-refractivity contribution in [3.05, 3.63) is 71.0 Å². The molecule has 0 aliphatic rings. The van der Waals surface area contributed by atoms with Gasteiger partial charge in [0.05, 0.1) is 5.56 Å². The van der Waals surface area contributed by atoms with Crippen LogP contribution in [0.1, 0.15) is 34.5 Å². The van der Waals surface area contributed by atoms with Crippen LogP contribution < -0.4 is 5.32 Å². The van der Waals surface area contributed by atoms with E-state index in [-0.39, 0.29) is 24.3 Å². The van der Waals surface area contributed by atoms with Gasteiger partial charge in [0.2, 0.25) is 0 Å². The molecule has 2 rings (SSSR count). The van der Waals surface area contributed by atoms with Crippen molar-refractivity contribution in [2.45, 2.75) is 25.7 Å². The van der Waals surface area contributed by atoms with Gasteiger partial charge in [-0.25, -0.2) is 9.18 Å². The van der Waals surface area contributed by atoms with Crippen molar-refractivity contribution in [1.82, 2.24) is 5.32 Å². The summed E-state index contributed by atoms with van der Waals surface area (Å²) in [6.07, 6.45) is -3.86. The van der Waals surface area contributed by atoms with Crippen molar-refractivity contribution in [2.75, 3.05) is 6.54 Å². The summed E-state index contributed by atoms with van der Waals surface area (Å²) in [5.74, 6) is -1.38. The normalized spacial score (nSPS) is 12.9. The zero-order chi connectivity index (χ0) is 19.1. The summed E-state index contributed by atoms with van der Waals surface area (Å²) in [5.41, 5.74) is 0.403. The Morgan fingerprint density at radius 2 is 1.81 bits per heavy atom. The van der Waals surface area contributed by atoms with Gasteiger partial charge in [-0.3, -0.25) is 4.79 Å². The summed E-state index contributed by atoms with van der Waals surface area (Å²) in [6, 6.07) is 13.0. The van der Waals surface area contributed by atoms with Crippen molar-refractivity contribution in [1.29, 1.82) is 0 Å². The SMILES string of the molecule is CC(=O)c1cccc(C(O)C(O)CNC(=O)OCc2ccccc2)c1F. The molecule has 2 aromatic carbocycles. The first kappa shape index (κ1) is 19.6. The highest BCUT2D eigenvalue weighted by atomic mass is 19.1. The molecule has 2 aromatic rings.